The number of benzene rings is 1. The van der Waals surface area contributed by atoms with E-state index in [0.717, 1.165) is 34.2 Å². The lowest BCUT2D eigenvalue weighted by molar-refractivity contribution is 0.0643. The van der Waals surface area contributed by atoms with Gasteiger partial charge in [0.2, 0.25) is 0 Å². The maximum Gasteiger partial charge on any atom is 0.125 e. The Hall–Kier alpha value is -0.620. The van der Waals surface area contributed by atoms with Crippen molar-refractivity contribution in [2.75, 3.05) is 40.1 Å². The highest BCUT2D eigenvalue weighted by Gasteiger charge is 2.08. The number of rotatable bonds is 10. The summed E-state index contributed by atoms with van der Waals surface area (Å²) >= 11 is 3.51. The molecule has 0 saturated carbocycles. The van der Waals surface area contributed by atoms with Gasteiger partial charge in [0.1, 0.15) is 5.75 Å². The molecule has 1 aromatic carbocycles. The summed E-state index contributed by atoms with van der Waals surface area (Å²) in [6.45, 7) is 5.26. The van der Waals surface area contributed by atoms with E-state index in [1.165, 1.54) is 0 Å². The lowest BCUT2D eigenvalue weighted by atomic mass is 10.1. The van der Waals surface area contributed by atoms with Crippen LogP contribution in [0.15, 0.2) is 16.6 Å². The van der Waals surface area contributed by atoms with Crippen molar-refractivity contribution >= 4 is 15.9 Å². The van der Waals surface area contributed by atoms with Crippen molar-refractivity contribution in [3.05, 3.63) is 27.7 Å². The summed E-state index contributed by atoms with van der Waals surface area (Å²) < 4.78 is 17.3. The molecule has 0 radical (unpaired) electrons. The van der Waals surface area contributed by atoms with Gasteiger partial charge in [0, 0.05) is 24.6 Å². The molecular weight excluding hydrogens is 322 g/mol. The molecular formula is C15H24BrNO3. The number of nitrogens with two attached hydrogens (primary N) is 1. The Morgan fingerprint density at radius 3 is 2.65 bits per heavy atom. The third kappa shape index (κ3) is 6.22. The molecule has 2 N–H and O–H groups in total. The second kappa shape index (κ2) is 10.2. The smallest absolute Gasteiger partial charge is 0.125 e. The van der Waals surface area contributed by atoms with Gasteiger partial charge in [0.05, 0.1) is 19.8 Å². The van der Waals surface area contributed by atoms with Crippen molar-refractivity contribution < 1.29 is 14.2 Å². The number of methoxy groups -OCH3 is 1. The summed E-state index contributed by atoms with van der Waals surface area (Å²) in [5.41, 5.74) is 7.93. The Morgan fingerprint density at radius 2 is 1.95 bits per heavy atom. The average Bonchev–Trinajstić information content (AvgIpc) is 2.40. The molecule has 0 spiro atoms. The van der Waals surface area contributed by atoms with E-state index in [-0.39, 0.29) is 0 Å². The van der Waals surface area contributed by atoms with Crippen LogP contribution in [0.3, 0.4) is 0 Å². The molecule has 114 valence electrons. The lowest BCUT2D eigenvalue weighted by Gasteiger charge is -2.14. The summed E-state index contributed by atoms with van der Waals surface area (Å²) in [6, 6.07) is 4.13. The Kier molecular flexibility index (Phi) is 8.85. The van der Waals surface area contributed by atoms with E-state index in [2.05, 4.69) is 35.0 Å². The molecule has 0 aliphatic carbocycles. The summed E-state index contributed by atoms with van der Waals surface area (Å²) in [5.74, 6) is 0.954. The van der Waals surface area contributed by atoms with Crippen LogP contribution in [0.4, 0.5) is 0 Å². The summed E-state index contributed by atoms with van der Waals surface area (Å²) in [5, 5.41) is 0. The summed E-state index contributed by atoms with van der Waals surface area (Å²) in [6.07, 6.45) is 1.68. The molecule has 0 heterocycles. The van der Waals surface area contributed by atoms with Gasteiger partial charge < -0.3 is 19.9 Å². The van der Waals surface area contributed by atoms with Gasteiger partial charge in [-0.2, -0.15) is 0 Å². The average molecular weight is 346 g/mol. The fourth-order valence-corrected chi connectivity index (χ4v) is 2.55. The Bertz CT molecular complexity index is 399. The van der Waals surface area contributed by atoms with E-state index in [0.29, 0.717) is 33.0 Å². The van der Waals surface area contributed by atoms with Crippen LogP contribution in [0.2, 0.25) is 0 Å². The molecule has 0 amide bonds. The number of hydrogen-bond donors (Lipinski definition) is 1. The minimum Gasteiger partial charge on any atom is -0.493 e. The van der Waals surface area contributed by atoms with Crippen LogP contribution < -0.4 is 10.5 Å². The Labute approximate surface area is 129 Å². The van der Waals surface area contributed by atoms with Gasteiger partial charge in [-0.25, -0.2) is 0 Å². The fraction of sp³-hybridized carbons (Fsp3) is 0.600. The van der Waals surface area contributed by atoms with Crippen molar-refractivity contribution in [3.63, 3.8) is 0 Å². The van der Waals surface area contributed by atoms with Gasteiger partial charge in [-0.15, -0.1) is 0 Å². The fourth-order valence-electron chi connectivity index (χ4n) is 1.93. The predicted molar refractivity (Wildman–Crippen MR) is 84.4 cm³/mol. The van der Waals surface area contributed by atoms with E-state index >= 15 is 0 Å². The predicted octanol–water partition coefficient (Wildman–Crippen LogP) is 2.69. The van der Waals surface area contributed by atoms with Crippen molar-refractivity contribution in [1.82, 2.24) is 0 Å². The van der Waals surface area contributed by atoms with Crippen LogP contribution in [0.25, 0.3) is 0 Å². The molecule has 1 aromatic rings. The van der Waals surface area contributed by atoms with Crippen molar-refractivity contribution in [1.29, 1.82) is 0 Å². The number of halogens is 1. The number of hydrogen-bond acceptors (Lipinski definition) is 4. The van der Waals surface area contributed by atoms with Gasteiger partial charge in [0.15, 0.2) is 0 Å². The SMILES string of the molecule is COCCOCCCOc1c(C)cc(Br)cc1CCN. The topological polar surface area (TPSA) is 53.7 Å². The molecule has 0 aliphatic heterocycles. The highest BCUT2D eigenvalue weighted by atomic mass is 79.9. The first-order chi connectivity index (χ1) is 9.69. The quantitative estimate of drug-likeness (QED) is 0.662. The molecule has 5 heteroatoms. The monoisotopic (exact) mass is 345 g/mol. The summed E-state index contributed by atoms with van der Waals surface area (Å²) in [4.78, 5) is 0. The molecule has 0 saturated heterocycles. The zero-order valence-corrected chi connectivity index (χ0v) is 13.9. The van der Waals surface area contributed by atoms with Gasteiger partial charge in [-0.1, -0.05) is 15.9 Å². The normalized spacial score (nSPS) is 10.8. The maximum atomic E-state index is 5.89. The first-order valence-electron chi connectivity index (χ1n) is 6.87. The molecule has 4 nitrogen and oxygen atoms in total. The second-order valence-corrected chi connectivity index (χ2v) is 5.47. The van der Waals surface area contributed by atoms with E-state index in [4.69, 9.17) is 19.9 Å². The first-order valence-corrected chi connectivity index (χ1v) is 7.67. The Balaban J connectivity index is 2.42. The minimum atomic E-state index is 0.617. The van der Waals surface area contributed by atoms with Crippen molar-refractivity contribution in [3.8, 4) is 5.75 Å². The van der Waals surface area contributed by atoms with Crippen molar-refractivity contribution in [2.24, 2.45) is 5.73 Å². The molecule has 0 atom stereocenters. The standard InChI is InChI=1S/C15H24BrNO3/c1-12-10-14(16)11-13(4-5-17)15(12)20-7-3-6-19-9-8-18-2/h10-11H,3-9,17H2,1-2H3. The largest absolute Gasteiger partial charge is 0.493 e. The van der Waals surface area contributed by atoms with E-state index in [9.17, 15) is 0 Å². The molecule has 20 heavy (non-hydrogen) atoms. The first kappa shape index (κ1) is 17.4. The highest BCUT2D eigenvalue weighted by molar-refractivity contribution is 9.10. The van der Waals surface area contributed by atoms with Gasteiger partial charge in [0.25, 0.3) is 0 Å². The lowest BCUT2D eigenvalue weighted by Crippen LogP contribution is -2.10. The van der Waals surface area contributed by atoms with Crippen molar-refractivity contribution in [2.45, 2.75) is 19.8 Å². The number of aryl methyl sites for hydroxylation is 1. The molecule has 0 aliphatic rings. The molecule has 0 bridgehead atoms. The van der Waals surface area contributed by atoms with Gasteiger partial charge >= 0.3 is 0 Å². The van der Waals surface area contributed by atoms with Crippen LogP contribution in [-0.4, -0.2) is 40.1 Å². The zero-order chi connectivity index (χ0) is 14.8. The molecule has 1 rings (SSSR count). The van der Waals surface area contributed by atoms with Crippen LogP contribution in [0.1, 0.15) is 17.5 Å². The zero-order valence-electron chi connectivity index (χ0n) is 12.3. The van der Waals surface area contributed by atoms with E-state index < -0.39 is 0 Å². The van der Waals surface area contributed by atoms with Crippen LogP contribution in [0.5, 0.6) is 5.75 Å². The van der Waals surface area contributed by atoms with Crippen LogP contribution >= 0.6 is 15.9 Å². The van der Waals surface area contributed by atoms with Gasteiger partial charge in [-0.3, -0.25) is 0 Å². The molecule has 0 aromatic heterocycles. The molecule has 0 unspecified atom stereocenters. The highest BCUT2D eigenvalue weighted by Crippen LogP contribution is 2.28. The second-order valence-electron chi connectivity index (χ2n) is 4.56. The molecule has 0 fully saturated rings. The third-order valence-corrected chi connectivity index (χ3v) is 3.30. The summed E-state index contributed by atoms with van der Waals surface area (Å²) in [7, 11) is 1.67. The Morgan fingerprint density at radius 1 is 1.15 bits per heavy atom. The van der Waals surface area contributed by atoms with Crippen LogP contribution in [-0.2, 0) is 15.9 Å². The minimum absolute atomic E-state index is 0.617. The van der Waals surface area contributed by atoms with Crippen LogP contribution in [0, 0.1) is 6.92 Å². The maximum absolute atomic E-state index is 5.89. The van der Waals surface area contributed by atoms with E-state index in [1.807, 2.05) is 0 Å². The number of ether oxygens (including phenoxy) is 3. The third-order valence-electron chi connectivity index (χ3n) is 2.84. The van der Waals surface area contributed by atoms with E-state index in [1.54, 1.807) is 7.11 Å². The van der Waals surface area contributed by atoms with Gasteiger partial charge in [-0.05, 0) is 43.1 Å².